The molecule has 0 fully saturated rings. The maximum Gasteiger partial charge on any atom is 0.129 e. The highest BCUT2D eigenvalue weighted by atomic mass is 32.2. The van der Waals surface area contributed by atoms with Gasteiger partial charge in [0.15, 0.2) is 0 Å². The summed E-state index contributed by atoms with van der Waals surface area (Å²) in [5.41, 5.74) is 6.51. The van der Waals surface area contributed by atoms with Gasteiger partial charge in [-0.25, -0.2) is 0 Å². The number of para-hydroxylation sites is 1. The molecule has 0 radical (unpaired) electrons. The maximum absolute atomic E-state index is 5.82. The zero-order valence-corrected chi connectivity index (χ0v) is 14.8. The van der Waals surface area contributed by atoms with Crippen LogP contribution < -0.4 is 10.5 Å². The van der Waals surface area contributed by atoms with Crippen LogP contribution in [0.2, 0.25) is 0 Å². The summed E-state index contributed by atoms with van der Waals surface area (Å²) in [5, 5.41) is 0. The minimum atomic E-state index is 0.383. The van der Waals surface area contributed by atoms with Gasteiger partial charge in [-0.3, -0.25) is 0 Å². The van der Waals surface area contributed by atoms with Gasteiger partial charge in [0.1, 0.15) is 10.7 Å². The summed E-state index contributed by atoms with van der Waals surface area (Å²) in [6.45, 7) is 3.96. The van der Waals surface area contributed by atoms with E-state index in [4.69, 9.17) is 22.7 Å². The van der Waals surface area contributed by atoms with E-state index in [0.29, 0.717) is 17.6 Å². The molecule has 0 amide bonds. The number of rotatable bonds is 10. The maximum atomic E-state index is 5.82. The van der Waals surface area contributed by atoms with Crippen LogP contribution in [0.1, 0.15) is 25.3 Å². The second kappa shape index (κ2) is 10.0. The number of nitrogens with zero attached hydrogens (tertiary/aromatic N) is 1. The molecule has 2 N–H and O–H groups in total. The number of hydrogen-bond acceptors (Lipinski definition) is 4. The first-order valence-corrected chi connectivity index (χ1v) is 9.11. The Kier molecular flexibility index (Phi) is 8.73. The SMILES string of the molecule is CCC(CSC)N(C)CCCOc1ccccc1C(N)=S. The highest BCUT2D eigenvalue weighted by Gasteiger charge is 2.11. The summed E-state index contributed by atoms with van der Waals surface area (Å²) < 4.78 is 5.82. The highest BCUT2D eigenvalue weighted by molar-refractivity contribution is 7.98. The van der Waals surface area contributed by atoms with Crippen LogP contribution >= 0.6 is 24.0 Å². The smallest absolute Gasteiger partial charge is 0.129 e. The molecule has 118 valence electrons. The van der Waals surface area contributed by atoms with E-state index in [-0.39, 0.29) is 0 Å². The highest BCUT2D eigenvalue weighted by Crippen LogP contribution is 2.18. The standard InChI is InChI=1S/C16H26N2OS2/c1-4-13(12-21-3)18(2)10-7-11-19-15-9-6-5-8-14(15)16(17)20/h5-6,8-9,13H,4,7,10-12H2,1-3H3,(H2,17,20). The average Bonchev–Trinajstić information content (AvgIpc) is 2.49. The molecule has 3 nitrogen and oxygen atoms in total. The first kappa shape index (κ1) is 18.3. The molecule has 1 aromatic carbocycles. The molecule has 0 spiro atoms. The van der Waals surface area contributed by atoms with Crippen molar-refractivity contribution in [2.24, 2.45) is 5.73 Å². The van der Waals surface area contributed by atoms with E-state index in [1.54, 1.807) is 0 Å². The molecule has 1 unspecified atom stereocenters. The zero-order chi connectivity index (χ0) is 15.7. The average molecular weight is 327 g/mol. The Bertz CT molecular complexity index is 440. The Labute approximate surface area is 138 Å². The Balaban J connectivity index is 2.39. The van der Waals surface area contributed by atoms with E-state index in [1.807, 2.05) is 36.0 Å². The van der Waals surface area contributed by atoms with Crippen molar-refractivity contribution < 1.29 is 4.74 Å². The minimum absolute atomic E-state index is 0.383. The Morgan fingerprint density at radius 1 is 1.43 bits per heavy atom. The number of thiocarbonyl (C=S) groups is 1. The molecule has 1 aromatic rings. The van der Waals surface area contributed by atoms with Crippen molar-refractivity contribution in [3.05, 3.63) is 29.8 Å². The van der Waals surface area contributed by atoms with Gasteiger partial charge in [0.2, 0.25) is 0 Å². The van der Waals surface area contributed by atoms with Crippen LogP contribution in [0.25, 0.3) is 0 Å². The zero-order valence-electron chi connectivity index (χ0n) is 13.2. The summed E-state index contributed by atoms with van der Waals surface area (Å²) in [6, 6.07) is 8.32. The van der Waals surface area contributed by atoms with Gasteiger partial charge in [-0.15, -0.1) is 0 Å². The lowest BCUT2D eigenvalue weighted by molar-refractivity contribution is 0.223. The largest absolute Gasteiger partial charge is 0.493 e. The molecule has 0 aliphatic carbocycles. The number of benzene rings is 1. The van der Waals surface area contributed by atoms with E-state index in [2.05, 4.69) is 25.1 Å². The van der Waals surface area contributed by atoms with Crippen molar-refractivity contribution in [1.29, 1.82) is 0 Å². The molecule has 21 heavy (non-hydrogen) atoms. The lowest BCUT2D eigenvalue weighted by atomic mass is 10.2. The second-order valence-corrected chi connectivity index (χ2v) is 6.41. The van der Waals surface area contributed by atoms with Crippen molar-refractivity contribution in [2.45, 2.75) is 25.8 Å². The molecule has 0 aliphatic heterocycles. The van der Waals surface area contributed by atoms with Crippen LogP contribution in [0.15, 0.2) is 24.3 Å². The van der Waals surface area contributed by atoms with Gasteiger partial charge < -0.3 is 15.4 Å². The van der Waals surface area contributed by atoms with Gasteiger partial charge in [-0.05, 0) is 38.3 Å². The van der Waals surface area contributed by atoms with Gasteiger partial charge in [-0.2, -0.15) is 11.8 Å². The van der Waals surface area contributed by atoms with E-state index >= 15 is 0 Å². The van der Waals surface area contributed by atoms with Crippen LogP contribution in [0, 0.1) is 0 Å². The third-order valence-electron chi connectivity index (χ3n) is 3.52. The molecule has 1 atom stereocenters. The van der Waals surface area contributed by atoms with Gasteiger partial charge in [-0.1, -0.05) is 31.3 Å². The summed E-state index contributed by atoms with van der Waals surface area (Å²) >= 11 is 6.94. The predicted octanol–water partition coefficient (Wildman–Crippen LogP) is 3.16. The third kappa shape index (κ3) is 6.24. The number of thioether (sulfide) groups is 1. The monoisotopic (exact) mass is 326 g/mol. The van der Waals surface area contributed by atoms with Gasteiger partial charge >= 0.3 is 0 Å². The quantitative estimate of drug-likeness (QED) is 0.528. The molecule has 1 rings (SSSR count). The summed E-state index contributed by atoms with van der Waals surface area (Å²) in [5.74, 6) is 1.96. The lowest BCUT2D eigenvalue weighted by Crippen LogP contribution is -2.34. The van der Waals surface area contributed by atoms with E-state index in [0.717, 1.165) is 24.3 Å². The predicted molar refractivity (Wildman–Crippen MR) is 97.5 cm³/mol. The lowest BCUT2D eigenvalue weighted by Gasteiger charge is -2.26. The van der Waals surface area contributed by atoms with Crippen LogP contribution in [0.3, 0.4) is 0 Å². The van der Waals surface area contributed by atoms with Crippen molar-refractivity contribution >= 4 is 29.0 Å². The minimum Gasteiger partial charge on any atom is -0.493 e. The van der Waals surface area contributed by atoms with Gasteiger partial charge in [0, 0.05) is 18.3 Å². The van der Waals surface area contributed by atoms with Crippen molar-refractivity contribution in [3.63, 3.8) is 0 Å². The molecular weight excluding hydrogens is 300 g/mol. The van der Waals surface area contributed by atoms with Gasteiger partial charge in [0.25, 0.3) is 0 Å². The molecule has 0 saturated heterocycles. The van der Waals surface area contributed by atoms with Gasteiger partial charge in [0.05, 0.1) is 12.2 Å². The topological polar surface area (TPSA) is 38.5 Å². The Morgan fingerprint density at radius 3 is 2.76 bits per heavy atom. The molecule has 5 heteroatoms. The summed E-state index contributed by atoms with van der Waals surface area (Å²) in [4.78, 5) is 2.80. The van der Waals surface area contributed by atoms with E-state index < -0.39 is 0 Å². The first-order chi connectivity index (χ1) is 10.1. The molecule has 0 aromatic heterocycles. The van der Waals surface area contributed by atoms with Crippen molar-refractivity contribution in [1.82, 2.24) is 4.90 Å². The van der Waals surface area contributed by atoms with Crippen molar-refractivity contribution in [2.75, 3.05) is 32.2 Å². The summed E-state index contributed by atoms with van der Waals surface area (Å²) in [6.07, 6.45) is 4.34. The fraction of sp³-hybridized carbons (Fsp3) is 0.562. The molecule has 0 heterocycles. The first-order valence-electron chi connectivity index (χ1n) is 7.31. The normalized spacial score (nSPS) is 12.4. The second-order valence-electron chi connectivity index (χ2n) is 5.06. The van der Waals surface area contributed by atoms with Crippen LogP contribution in [0.5, 0.6) is 5.75 Å². The fourth-order valence-corrected chi connectivity index (χ4v) is 3.27. The molecular formula is C16H26N2OS2. The Hall–Kier alpha value is -0.780. The fourth-order valence-electron chi connectivity index (χ4n) is 2.22. The van der Waals surface area contributed by atoms with Crippen molar-refractivity contribution in [3.8, 4) is 5.75 Å². The molecule has 0 aliphatic rings. The third-order valence-corrected chi connectivity index (χ3v) is 4.46. The summed E-state index contributed by atoms with van der Waals surface area (Å²) in [7, 11) is 2.19. The molecule has 0 saturated carbocycles. The van der Waals surface area contributed by atoms with Crippen LogP contribution in [-0.2, 0) is 0 Å². The Morgan fingerprint density at radius 2 is 2.14 bits per heavy atom. The molecule has 0 bridgehead atoms. The number of nitrogens with two attached hydrogens (primary N) is 1. The van der Waals surface area contributed by atoms with Crippen LogP contribution in [-0.4, -0.2) is 48.1 Å². The van der Waals surface area contributed by atoms with E-state index in [1.165, 1.54) is 12.2 Å². The number of ether oxygens (including phenoxy) is 1. The van der Waals surface area contributed by atoms with Crippen LogP contribution in [0.4, 0.5) is 0 Å². The number of hydrogen-bond donors (Lipinski definition) is 1. The van der Waals surface area contributed by atoms with E-state index in [9.17, 15) is 0 Å².